The zero-order valence-electron chi connectivity index (χ0n) is 16.7. The van der Waals surface area contributed by atoms with Gasteiger partial charge < -0.3 is 10.2 Å². The second-order valence-corrected chi connectivity index (χ2v) is 7.85. The van der Waals surface area contributed by atoms with Crippen molar-refractivity contribution in [2.24, 2.45) is 0 Å². The molecule has 0 spiro atoms. The van der Waals surface area contributed by atoms with Gasteiger partial charge in [0.15, 0.2) is 5.78 Å². The Morgan fingerprint density at radius 3 is 2.50 bits per heavy atom. The van der Waals surface area contributed by atoms with Crippen LogP contribution in [-0.4, -0.2) is 29.8 Å². The van der Waals surface area contributed by atoms with Gasteiger partial charge in [-0.05, 0) is 48.6 Å². The van der Waals surface area contributed by atoms with E-state index in [-0.39, 0.29) is 11.7 Å². The number of ketones is 1. The Hall–Kier alpha value is -3.47. The van der Waals surface area contributed by atoms with E-state index in [1.54, 1.807) is 18.3 Å². The molecule has 5 nitrogen and oxygen atoms in total. The van der Waals surface area contributed by atoms with Crippen molar-refractivity contribution in [3.8, 4) is 11.1 Å². The lowest BCUT2D eigenvalue weighted by Gasteiger charge is -2.29. The third kappa shape index (κ3) is 3.26. The maximum absolute atomic E-state index is 12.8. The van der Waals surface area contributed by atoms with Crippen LogP contribution in [0.4, 0.5) is 5.82 Å². The van der Waals surface area contributed by atoms with Crippen LogP contribution in [0, 0.1) is 0 Å². The maximum Gasteiger partial charge on any atom is 0.251 e. The van der Waals surface area contributed by atoms with E-state index in [1.807, 2.05) is 42.5 Å². The normalized spacial score (nSPS) is 14.9. The van der Waals surface area contributed by atoms with Gasteiger partial charge >= 0.3 is 0 Å². The standard InChI is InChI=1S/C25H23N3O2/c29-23-21-9-3-2-8-19(21)20-11-10-17(15-22(20)23)25(30)27-16-18-7-6-12-26-24(18)28-13-4-1-5-14-28/h2-3,6-12,15H,1,4-5,13-14,16H2,(H,27,30). The van der Waals surface area contributed by atoms with Gasteiger partial charge in [0.25, 0.3) is 5.91 Å². The number of carbonyl (C=O) groups is 2. The van der Waals surface area contributed by atoms with Crippen LogP contribution in [0.2, 0.25) is 0 Å². The van der Waals surface area contributed by atoms with Crippen molar-refractivity contribution in [1.29, 1.82) is 0 Å². The average Bonchev–Trinajstić information content (AvgIpc) is 3.10. The number of hydrogen-bond donors (Lipinski definition) is 1. The molecule has 0 atom stereocenters. The number of carbonyl (C=O) groups excluding carboxylic acids is 2. The number of nitrogens with zero attached hydrogens (tertiary/aromatic N) is 2. The Balaban J connectivity index is 1.34. The van der Waals surface area contributed by atoms with Crippen LogP contribution in [-0.2, 0) is 6.54 Å². The lowest BCUT2D eigenvalue weighted by Crippen LogP contribution is -2.32. The summed E-state index contributed by atoms with van der Waals surface area (Å²) < 4.78 is 0. The Morgan fingerprint density at radius 1 is 0.900 bits per heavy atom. The van der Waals surface area contributed by atoms with Crippen molar-refractivity contribution in [2.75, 3.05) is 18.0 Å². The fourth-order valence-corrected chi connectivity index (χ4v) is 4.41. The Bertz CT molecular complexity index is 1130. The predicted octanol–water partition coefficient (Wildman–Crippen LogP) is 4.21. The van der Waals surface area contributed by atoms with Crippen molar-refractivity contribution in [3.05, 3.63) is 83.0 Å². The minimum absolute atomic E-state index is 0.0186. The molecule has 3 aromatic rings. The van der Waals surface area contributed by atoms with Gasteiger partial charge in [0.05, 0.1) is 0 Å². The first-order chi connectivity index (χ1) is 14.7. The Kier molecular flexibility index (Phi) is 4.79. The van der Waals surface area contributed by atoms with Crippen molar-refractivity contribution < 1.29 is 9.59 Å². The summed E-state index contributed by atoms with van der Waals surface area (Å²) in [6.45, 7) is 2.42. The molecule has 0 saturated carbocycles. The van der Waals surface area contributed by atoms with Crippen LogP contribution >= 0.6 is 0 Å². The SMILES string of the molecule is O=C(NCc1cccnc1N1CCCCC1)c1ccc2c(c1)C(=O)c1ccccc1-2. The maximum atomic E-state index is 12.8. The molecule has 1 aromatic heterocycles. The number of piperidine rings is 1. The van der Waals surface area contributed by atoms with Crippen LogP contribution in [0.5, 0.6) is 0 Å². The van der Waals surface area contributed by atoms with Gasteiger partial charge in [-0.2, -0.15) is 0 Å². The van der Waals surface area contributed by atoms with Gasteiger partial charge in [0, 0.05) is 48.1 Å². The summed E-state index contributed by atoms with van der Waals surface area (Å²) in [6, 6.07) is 16.9. The highest BCUT2D eigenvalue weighted by molar-refractivity contribution is 6.22. The number of nitrogens with one attached hydrogen (secondary N) is 1. The van der Waals surface area contributed by atoms with Crippen molar-refractivity contribution >= 4 is 17.5 Å². The van der Waals surface area contributed by atoms with Crippen LogP contribution in [0.15, 0.2) is 60.8 Å². The van der Waals surface area contributed by atoms with Gasteiger partial charge in [0.2, 0.25) is 0 Å². The fourth-order valence-electron chi connectivity index (χ4n) is 4.41. The summed E-state index contributed by atoms with van der Waals surface area (Å²) in [5, 5.41) is 3.01. The number of hydrogen-bond acceptors (Lipinski definition) is 4. The van der Waals surface area contributed by atoms with E-state index in [9.17, 15) is 9.59 Å². The summed E-state index contributed by atoms with van der Waals surface area (Å²) >= 11 is 0. The monoisotopic (exact) mass is 397 g/mol. The molecule has 0 radical (unpaired) electrons. The van der Waals surface area contributed by atoms with E-state index in [0.29, 0.717) is 23.2 Å². The number of benzene rings is 2. The number of fused-ring (bicyclic) bond motifs is 3. The Morgan fingerprint density at radius 2 is 1.67 bits per heavy atom. The molecule has 1 aliphatic heterocycles. The highest BCUT2D eigenvalue weighted by Crippen LogP contribution is 2.36. The minimum atomic E-state index is -0.185. The molecule has 2 heterocycles. The summed E-state index contributed by atoms with van der Waals surface area (Å²) in [5.41, 5.74) is 4.64. The summed E-state index contributed by atoms with van der Waals surface area (Å²) in [6.07, 6.45) is 5.41. The van der Waals surface area contributed by atoms with Crippen molar-refractivity contribution in [3.63, 3.8) is 0 Å². The molecule has 1 saturated heterocycles. The van der Waals surface area contributed by atoms with Crippen LogP contribution in [0.1, 0.15) is 51.1 Å². The molecule has 30 heavy (non-hydrogen) atoms. The molecular formula is C25H23N3O2. The highest BCUT2D eigenvalue weighted by atomic mass is 16.1. The van der Waals surface area contributed by atoms with E-state index >= 15 is 0 Å². The first-order valence-electron chi connectivity index (χ1n) is 10.5. The molecular weight excluding hydrogens is 374 g/mol. The third-order valence-electron chi connectivity index (χ3n) is 5.95. The fraction of sp³-hybridized carbons (Fsp3) is 0.240. The van der Waals surface area contributed by atoms with Crippen molar-refractivity contribution in [1.82, 2.24) is 10.3 Å². The smallest absolute Gasteiger partial charge is 0.251 e. The molecule has 1 amide bonds. The zero-order chi connectivity index (χ0) is 20.5. The van der Waals surface area contributed by atoms with E-state index in [2.05, 4.69) is 15.2 Å². The quantitative estimate of drug-likeness (QED) is 0.560. The molecule has 150 valence electrons. The molecule has 0 unspecified atom stereocenters. The summed E-state index contributed by atoms with van der Waals surface area (Å²) in [5.74, 6) is 0.752. The summed E-state index contributed by atoms with van der Waals surface area (Å²) in [7, 11) is 0. The number of pyridine rings is 1. The van der Waals surface area contributed by atoms with E-state index < -0.39 is 0 Å². The second kappa shape index (κ2) is 7.75. The molecule has 1 fully saturated rings. The van der Waals surface area contributed by atoms with Crippen LogP contribution in [0.25, 0.3) is 11.1 Å². The molecule has 0 bridgehead atoms. The van der Waals surface area contributed by atoms with E-state index in [4.69, 9.17) is 0 Å². The highest BCUT2D eigenvalue weighted by Gasteiger charge is 2.27. The number of rotatable bonds is 4. The number of aromatic nitrogens is 1. The van der Waals surface area contributed by atoms with Gasteiger partial charge in [-0.1, -0.05) is 36.4 Å². The van der Waals surface area contributed by atoms with Gasteiger partial charge in [-0.3, -0.25) is 9.59 Å². The van der Waals surface area contributed by atoms with Crippen LogP contribution in [0.3, 0.4) is 0 Å². The predicted molar refractivity (Wildman–Crippen MR) is 117 cm³/mol. The summed E-state index contributed by atoms with van der Waals surface area (Å²) in [4.78, 5) is 32.4. The van der Waals surface area contributed by atoms with Crippen molar-refractivity contribution in [2.45, 2.75) is 25.8 Å². The molecule has 1 N–H and O–H groups in total. The average molecular weight is 397 g/mol. The Labute approximate surface area is 175 Å². The van der Waals surface area contributed by atoms with E-state index in [0.717, 1.165) is 35.6 Å². The van der Waals surface area contributed by atoms with Gasteiger partial charge in [-0.25, -0.2) is 4.98 Å². The zero-order valence-corrected chi connectivity index (χ0v) is 16.7. The van der Waals surface area contributed by atoms with Crippen LogP contribution < -0.4 is 10.2 Å². The van der Waals surface area contributed by atoms with E-state index in [1.165, 1.54) is 19.3 Å². The molecule has 1 aliphatic carbocycles. The second-order valence-electron chi connectivity index (χ2n) is 7.85. The lowest BCUT2D eigenvalue weighted by atomic mass is 10.0. The number of amides is 1. The molecule has 5 rings (SSSR count). The minimum Gasteiger partial charge on any atom is -0.356 e. The largest absolute Gasteiger partial charge is 0.356 e. The third-order valence-corrected chi connectivity index (χ3v) is 5.95. The molecule has 2 aromatic carbocycles. The lowest BCUT2D eigenvalue weighted by molar-refractivity contribution is 0.0951. The van der Waals surface area contributed by atoms with Gasteiger partial charge in [0.1, 0.15) is 5.82 Å². The first-order valence-corrected chi connectivity index (χ1v) is 10.5. The first kappa shape index (κ1) is 18.6. The molecule has 5 heteroatoms. The topological polar surface area (TPSA) is 62.3 Å². The number of anilines is 1. The molecule has 2 aliphatic rings. The van der Waals surface area contributed by atoms with Gasteiger partial charge in [-0.15, -0.1) is 0 Å².